The Morgan fingerprint density at radius 3 is 1.10 bits per heavy atom. The van der Waals surface area contributed by atoms with Crippen molar-refractivity contribution in [1.29, 1.82) is 0 Å². The maximum Gasteiger partial charge on any atom is 0.361 e. The van der Waals surface area contributed by atoms with Crippen LogP contribution in [-0.2, 0) is 33.3 Å². The zero-order valence-electron chi connectivity index (χ0n) is 50.6. The van der Waals surface area contributed by atoms with Crippen LogP contribution in [0.15, 0.2) is 85.1 Å². The molecular formula is C68H120NO8+. The molecule has 0 rings (SSSR count). The minimum absolute atomic E-state index is 0.185. The van der Waals surface area contributed by atoms with E-state index in [2.05, 4.69) is 98.9 Å². The van der Waals surface area contributed by atoms with E-state index in [4.69, 9.17) is 18.9 Å². The summed E-state index contributed by atoms with van der Waals surface area (Å²) in [4.78, 5) is 37.5. The third-order valence-electron chi connectivity index (χ3n) is 13.6. The molecule has 0 aromatic heterocycles. The van der Waals surface area contributed by atoms with Crippen LogP contribution in [-0.4, -0.2) is 87.4 Å². The minimum atomic E-state index is -1.51. The number of esters is 2. The lowest BCUT2D eigenvalue weighted by Gasteiger charge is -2.25. The lowest BCUT2D eigenvalue weighted by atomic mass is 10.0. The first kappa shape index (κ1) is 73.5. The van der Waals surface area contributed by atoms with E-state index in [-0.39, 0.29) is 32.2 Å². The minimum Gasteiger partial charge on any atom is -0.477 e. The SMILES string of the molecule is CC/C=C\C/C=C\C/C=C\C/C=C\C/C=C\CCCCCCCCCCCCCCCCCC(=O)OC(COC(=O)CCCCCCCCCCC/C=C\C/C=C\CCCCCCC)COC(OCC[N+](C)(C)C)C(=O)O. The number of carboxylic acids is 1. The molecule has 77 heavy (non-hydrogen) atoms. The van der Waals surface area contributed by atoms with Gasteiger partial charge in [-0.2, -0.15) is 0 Å². The lowest BCUT2D eigenvalue weighted by molar-refractivity contribution is -0.870. The van der Waals surface area contributed by atoms with Crippen molar-refractivity contribution < 1.29 is 42.9 Å². The average Bonchev–Trinajstić information content (AvgIpc) is 3.40. The van der Waals surface area contributed by atoms with E-state index in [9.17, 15) is 19.5 Å². The number of unbranched alkanes of at least 4 members (excludes halogenated alkanes) is 29. The second kappa shape index (κ2) is 58.6. The molecule has 0 amide bonds. The largest absolute Gasteiger partial charge is 0.477 e. The smallest absolute Gasteiger partial charge is 0.361 e. The van der Waals surface area contributed by atoms with Gasteiger partial charge in [-0.3, -0.25) is 9.59 Å². The number of carboxylic acid groups (broad SMARTS) is 1. The van der Waals surface area contributed by atoms with Crippen molar-refractivity contribution in [2.45, 2.75) is 283 Å². The third-order valence-corrected chi connectivity index (χ3v) is 13.6. The normalized spacial score (nSPS) is 13.3. The van der Waals surface area contributed by atoms with E-state index in [0.717, 1.165) is 77.0 Å². The van der Waals surface area contributed by atoms with Crippen LogP contribution in [0.3, 0.4) is 0 Å². The summed E-state index contributed by atoms with van der Waals surface area (Å²) < 4.78 is 22.9. The third kappa shape index (κ3) is 60.0. The van der Waals surface area contributed by atoms with Crippen LogP contribution in [0.5, 0.6) is 0 Å². The summed E-state index contributed by atoms with van der Waals surface area (Å²) in [7, 11) is 5.97. The van der Waals surface area contributed by atoms with Gasteiger partial charge < -0.3 is 28.5 Å². The molecule has 0 aromatic carbocycles. The van der Waals surface area contributed by atoms with Gasteiger partial charge in [-0.15, -0.1) is 0 Å². The molecule has 0 bridgehead atoms. The van der Waals surface area contributed by atoms with Gasteiger partial charge in [-0.25, -0.2) is 4.79 Å². The molecule has 0 aliphatic heterocycles. The molecular weight excluding hydrogens is 959 g/mol. The summed E-state index contributed by atoms with van der Waals surface area (Å²) in [6, 6.07) is 0. The Labute approximate surface area is 474 Å². The van der Waals surface area contributed by atoms with Crippen molar-refractivity contribution in [1.82, 2.24) is 0 Å². The highest BCUT2D eigenvalue weighted by Crippen LogP contribution is 2.16. The number of hydrogen-bond acceptors (Lipinski definition) is 7. The van der Waals surface area contributed by atoms with Crippen LogP contribution in [0.2, 0.25) is 0 Å². The molecule has 0 aliphatic carbocycles. The van der Waals surface area contributed by atoms with Crippen LogP contribution >= 0.6 is 0 Å². The van der Waals surface area contributed by atoms with Crippen LogP contribution < -0.4 is 0 Å². The van der Waals surface area contributed by atoms with Gasteiger partial charge in [0.05, 0.1) is 34.4 Å². The first-order valence-corrected chi connectivity index (χ1v) is 31.8. The number of rotatable bonds is 58. The first-order valence-electron chi connectivity index (χ1n) is 31.8. The first-order chi connectivity index (χ1) is 37.6. The van der Waals surface area contributed by atoms with Gasteiger partial charge in [-0.1, -0.05) is 253 Å². The highest BCUT2D eigenvalue weighted by Gasteiger charge is 2.25. The van der Waals surface area contributed by atoms with Gasteiger partial charge in [0, 0.05) is 12.8 Å². The summed E-state index contributed by atoms with van der Waals surface area (Å²) in [5.41, 5.74) is 0. The van der Waals surface area contributed by atoms with Crippen molar-refractivity contribution >= 4 is 17.9 Å². The summed E-state index contributed by atoms with van der Waals surface area (Å²) in [5.74, 6) is -2.00. The van der Waals surface area contributed by atoms with E-state index in [1.54, 1.807) is 0 Å². The molecule has 0 spiro atoms. The number of quaternary nitrogens is 1. The number of hydrogen-bond donors (Lipinski definition) is 1. The summed E-state index contributed by atoms with van der Waals surface area (Å²) in [5, 5.41) is 9.72. The Hall–Kier alpha value is -3.53. The van der Waals surface area contributed by atoms with Crippen LogP contribution in [0.1, 0.15) is 271 Å². The molecule has 2 unspecified atom stereocenters. The number of likely N-dealkylation sites (N-methyl/N-ethyl adjacent to an activating group) is 1. The quantitative estimate of drug-likeness (QED) is 0.0211. The molecule has 0 aromatic rings. The van der Waals surface area contributed by atoms with Crippen molar-refractivity contribution in [3.63, 3.8) is 0 Å². The highest BCUT2D eigenvalue weighted by atomic mass is 16.7. The van der Waals surface area contributed by atoms with Gasteiger partial charge >= 0.3 is 17.9 Å². The fraction of sp³-hybridized carbons (Fsp3) is 0.750. The second-order valence-electron chi connectivity index (χ2n) is 22.3. The Kier molecular flexibility index (Phi) is 55.9. The predicted octanol–water partition coefficient (Wildman–Crippen LogP) is 19.1. The number of carbonyl (C=O) groups excluding carboxylic acids is 2. The Bertz CT molecular complexity index is 1540. The molecule has 0 fully saturated rings. The Morgan fingerprint density at radius 2 is 0.740 bits per heavy atom. The maximum atomic E-state index is 12.9. The lowest BCUT2D eigenvalue weighted by Crippen LogP contribution is -2.40. The molecule has 9 nitrogen and oxygen atoms in total. The summed E-state index contributed by atoms with van der Waals surface area (Å²) in [6.07, 6.45) is 75.3. The van der Waals surface area contributed by atoms with E-state index >= 15 is 0 Å². The Balaban J connectivity index is 4.17. The number of allylic oxidation sites excluding steroid dienone is 14. The monoisotopic (exact) mass is 1080 g/mol. The fourth-order valence-electron chi connectivity index (χ4n) is 8.78. The van der Waals surface area contributed by atoms with Gasteiger partial charge in [-0.05, 0) is 89.9 Å². The molecule has 1 N–H and O–H groups in total. The van der Waals surface area contributed by atoms with Gasteiger partial charge in [0.2, 0.25) is 0 Å². The zero-order chi connectivity index (χ0) is 56.2. The topological polar surface area (TPSA) is 108 Å². The van der Waals surface area contributed by atoms with E-state index < -0.39 is 24.3 Å². The van der Waals surface area contributed by atoms with E-state index in [0.29, 0.717) is 17.4 Å². The maximum absolute atomic E-state index is 12.9. The van der Waals surface area contributed by atoms with E-state index in [1.165, 1.54) is 167 Å². The summed E-state index contributed by atoms with van der Waals surface area (Å²) in [6.45, 7) is 4.77. The van der Waals surface area contributed by atoms with Crippen molar-refractivity contribution in [3.8, 4) is 0 Å². The molecule has 0 saturated heterocycles. The molecule has 0 saturated carbocycles. The van der Waals surface area contributed by atoms with Crippen molar-refractivity contribution in [2.24, 2.45) is 0 Å². The zero-order valence-corrected chi connectivity index (χ0v) is 50.6. The van der Waals surface area contributed by atoms with Gasteiger partial charge in [0.15, 0.2) is 6.10 Å². The van der Waals surface area contributed by atoms with Gasteiger partial charge in [0.25, 0.3) is 6.29 Å². The predicted molar refractivity (Wildman–Crippen MR) is 327 cm³/mol. The molecule has 9 heteroatoms. The van der Waals surface area contributed by atoms with Crippen LogP contribution in [0.25, 0.3) is 0 Å². The van der Waals surface area contributed by atoms with Crippen LogP contribution in [0.4, 0.5) is 0 Å². The summed E-state index contributed by atoms with van der Waals surface area (Å²) >= 11 is 0. The van der Waals surface area contributed by atoms with Crippen LogP contribution in [0, 0.1) is 0 Å². The molecule has 0 heterocycles. The van der Waals surface area contributed by atoms with Crippen molar-refractivity contribution in [3.05, 3.63) is 85.1 Å². The molecule has 0 radical (unpaired) electrons. The highest BCUT2D eigenvalue weighted by molar-refractivity contribution is 5.71. The fourth-order valence-corrected chi connectivity index (χ4v) is 8.78. The molecule has 0 aliphatic rings. The second-order valence-corrected chi connectivity index (χ2v) is 22.3. The van der Waals surface area contributed by atoms with E-state index in [1.807, 2.05) is 21.1 Å². The molecule has 2 atom stereocenters. The number of nitrogens with zero attached hydrogens (tertiary/aromatic N) is 1. The van der Waals surface area contributed by atoms with Crippen molar-refractivity contribution in [2.75, 3.05) is 47.5 Å². The number of aliphatic carboxylic acids is 1. The number of carbonyl (C=O) groups is 3. The molecule has 444 valence electrons. The number of ether oxygens (including phenoxy) is 4. The average molecular weight is 1080 g/mol. The standard InChI is InChI=1S/C68H119NO8/c1-6-8-10-12-14-16-18-20-22-24-26-28-29-30-31-32-33-34-35-36-37-39-41-43-45-47-49-51-53-55-57-59-66(71)77-64(63-76-68(67(72)73)74-61-60-69(3,4)5)62-75-65(70)58-56-54-52-50-48-46-44-42-40-38-27-25-23-21-19-17-15-13-11-9-7-2/h8,10,14,16,19-22,25-28,30-31,64,68H,6-7,9,11-13,15,17-18,23-24,29,32-63H2,1-5H3/p+1/b10-8-,16-14-,21-19-,22-20-,27-25-,28-26-,31-30-. The Morgan fingerprint density at radius 1 is 0.403 bits per heavy atom. The van der Waals surface area contributed by atoms with Gasteiger partial charge in [0.1, 0.15) is 13.2 Å².